The molecule has 0 aromatic heterocycles. The van der Waals surface area contributed by atoms with Crippen molar-refractivity contribution in [3.63, 3.8) is 0 Å². The van der Waals surface area contributed by atoms with Crippen molar-refractivity contribution >= 4 is 0 Å². The van der Waals surface area contributed by atoms with Gasteiger partial charge in [-0.05, 0) is 33.1 Å². The molecule has 0 aromatic rings. The van der Waals surface area contributed by atoms with Crippen LogP contribution in [0.4, 0.5) is 0 Å². The van der Waals surface area contributed by atoms with Gasteiger partial charge in [-0.25, -0.2) is 0 Å². The zero-order valence-electron chi connectivity index (χ0n) is 11.2. The van der Waals surface area contributed by atoms with Crippen molar-refractivity contribution in [2.75, 3.05) is 19.7 Å². The van der Waals surface area contributed by atoms with E-state index in [9.17, 15) is 0 Å². The normalized spacial score (nSPS) is 42.4. The fourth-order valence-electron chi connectivity index (χ4n) is 3.94. The number of rotatable bonds is 1. The van der Waals surface area contributed by atoms with Crippen LogP contribution in [-0.4, -0.2) is 48.3 Å². The number of nitrogens with one attached hydrogen (secondary N) is 1. The standard InChI is InChI=1S/C14H26N2O/c1-14(2)9-11(10-15-14)16-7-8-17-13-6-4-3-5-12(13)16/h11-13,15H,3-10H2,1-2H3. The van der Waals surface area contributed by atoms with Gasteiger partial charge < -0.3 is 10.1 Å². The van der Waals surface area contributed by atoms with Gasteiger partial charge in [-0.15, -0.1) is 0 Å². The van der Waals surface area contributed by atoms with Crippen molar-refractivity contribution in [2.45, 2.75) is 69.7 Å². The Hall–Kier alpha value is -0.120. The SMILES string of the molecule is CC1(C)CC(N2CCOC3CCCCC32)CN1. The van der Waals surface area contributed by atoms with E-state index in [4.69, 9.17) is 4.74 Å². The Morgan fingerprint density at radius 1 is 1.24 bits per heavy atom. The van der Waals surface area contributed by atoms with Crippen LogP contribution in [0, 0.1) is 0 Å². The van der Waals surface area contributed by atoms with E-state index in [0.717, 1.165) is 25.7 Å². The van der Waals surface area contributed by atoms with Crippen molar-refractivity contribution in [1.82, 2.24) is 10.2 Å². The summed E-state index contributed by atoms with van der Waals surface area (Å²) in [6.07, 6.45) is 7.21. The zero-order chi connectivity index (χ0) is 11.9. The molecule has 1 aliphatic carbocycles. The van der Waals surface area contributed by atoms with Crippen LogP contribution < -0.4 is 5.32 Å². The maximum atomic E-state index is 5.96. The average molecular weight is 238 g/mol. The lowest BCUT2D eigenvalue weighted by Gasteiger charge is -2.46. The summed E-state index contributed by atoms with van der Waals surface area (Å²) in [7, 11) is 0. The highest BCUT2D eigenvalue weighted by Crippen LogP contribution is 2.33. The molecule has 0 bridgehead atoms. The fraction of sp³-hybridized carbons (Fsp3) is 1.00. The number of ether oxygens (including phenoxy) is 1. The van der Waals surface area contributed by atoms with Crippen LogP contribution in [-0.2, 0) is 4.74 Å². The van der Waals surface area contributed by atoms with E-state index in [1.807, 2.05) is 0 Å². The van der Waals surface area contributed by atoms with Gasteiger partial charge in [0, 0.05) is 30.7 Å². The van der Waals surface area contributed by atoms with Crippen LogP contribution in [0.3, 0.4) is 0 Å². The second-order valence-electron chi connectivity index (χ2n) is 6.62. The van der Waals surface area contributed by atoms with Crippen LogP contribution in [0.5, 0.6) is 0 Å². The first-order valence-electron chi connectivity index (χ1n) is 7.28. The molecule has 0 amide bonds. The van der Waals surface area contributed by atoms with E-state index >= 15 is 0 Å². The Labute approximate surface area is 105 Å². The fourth-order valence-corrected chi connectivity index (χ4v) is 3.94. The molecule has 3 rings (SSSR count). The predicted molar refractivity (Wildman–Crippen MR) is 69.2 cm³/mol. The summed E-state index contributed by atoms with van der Waals surface area (Å²) >= 11 is 0. The smallest absolute Gasteiger partial charge is 0.0731 e. The third-order valence-electron chi connectivity index (χ3n) is 4.81. The minimum absolute atomic E-state index is 0.327. The van der Waals surface area contributed by atoms with E-state index in [1.54, 1.807) is 0 Å². The van der Waals surface area contributed by atoms with Gasteiger partial charge in [0.05, 0.1) is 12.7 Å². The first-order chi connectivity index (χ1) is 8.16. The Kier molecular flexibility index (Phi) is 3.18. The van der Waals surface area contributed by atoms with E-state index in [2.05, 4.69) is 24.1 Å². The molecule has 1 saturated carbocycles. The first-order valence-corrected chi connectivity index (χ1v) is 7.28. The highest BCUT2D eigenvalue weighted by atomic mass is 16.5. The van der Waals surface area contributed by atoms with Crippen LogP contribution in [0.2, 0.25) is 0 Å². The Balaban J connectivity index is 1.69. The van der Waals surface area contributed by atoms with Crippen LogP contribution >= 0.6 is 0 Å². The quantitative estimate of drug-likeness (QED) is 0.753. The molecule has 2 heterocycles. The minimum Gasteiger partial charge on any atom is -0.375 e. The van der Waals surface area contributed by atoms with Gasteiger partial charge in [-0.1, -0.05) is 12.8 Å². The molecule has 3 heteroatoms. The lowest BCUT2D eigenvalue weighted by Crippen LogP contribution is -2.56. The molecule has 98 valence electrons. The third kappa shape index (κ3) is 2.38. The van der Waals surface area contributed by atoms with Gasteiger partial charge in [0.25, 0.3) is 0 Å². The topological polar surface area (TPSA) is 24.5 Å². The summed E-state index contributed by atoms with van der Waals surface area (Å²) in [5.41, 5.74) is 0.327. The van der Waals surface area contributed by atoms with E-state index in [0.29, 0.717) is 17.7 Å². The molecule has 2 aliphatic heterocycles. The lowest BCUT2D eigenvalue weighted by atomic mass is 9.88. The summed E-state index contributed by atoms with van der Waals surface area (Å²) in [5.74, 6) is 0. The number of fused-ring (bicyclic) bond motifs is 1. The molecule has 0 radical (unpaired) electrons. The molecule has 3 fully saturated rings. The van der Waals surface area contributed by atoms with Crippen molar-refractivity contribution in [2.24, 2.45) is 0 Å². The van der Waals surface area contributed by atoms with Gasteiger partial charge in [-0.3, -0.25) is 4.90 Å². The highest BCUT2D eigenvalue weighted by molar-refractivity contribution is 4.99. The summed E-state index contributed by atoms with van der Waals surface area (Å²) in [5, 5.41) is 3.66. The molecular weight excluding hydrogens is 212 g/mol. The molecule has 1 N–H and O–H groups in total. The molecule has 0 aromatic carbocycles. The summed E-state index contributed by atoms with van der Waals surface area (Å²) in [6, 6.07) is 1.44. The van der Waals surface area contributed by atoms with Gasteiger partial charge in [-0.2, -0.15) is 0 Å². The molecule has 2 saturated heterocycles. The summed E-state index contributed by atoms with van der Waals surface area (Å²) < 4.78 is 5.96. The molecule has 0 spiro atoms. The van der Waals surface area contributed by atoms with Gasteiger partial charge in [0.15, 0.2) is 0 Å². The maximum absolute atomic E-state index is 5.96. The second kappa shape index (κ2) is 4.52. The molecule has 3 aliphatic rings. The van der Waals surface area contributed by atoms with Crippen LogP contribution in [0.15, 0.2) is 0 Å². The maximum Gasteiger partial charge on any atom is 0.0731 e. The molecule has 3 nitrogen and oxygen atoms in total. The largest absolute Gasteiger partial charge is 0.375 e. The van der Waals surface area contributed by atoms with E-state index < -0.39 is 0 Å². The van der Waals surface area contributed by atoms with Crippen LogP contribution in [0.1, 0.15) is 46.0 Å². The van der Waals surface area contributed by atoms with Gasteiger partial charge >= 0.3 is 0 Å². The van der Waals surface area contributed by atoms with E-state index in [-0.39, 0.29) is 0 Å². The lowest BCUT2D eigenvalue weighted by molar-refractivity contribution is -0.100. The average Bonchev–Trinajstić information content (AvgIpc) is 2.69. The van der Waals surface area contributed by atoms with E-state index in [1.165, 1.54) is 32.1 Å². The summed E-state index contributed by atoms with van der Waals surface area (Å²) in [6.45, 7) is 7.90. The molecule has 17 heavy (non-hydrogen) atoms. The number of hydrogen-bond acceptors (Lipinski definition) is 3. The van der Waals surface area contributed by atoms with Crippen molar-refractivity contribution in [1.29, 1.82) is 0 Å². The first kappa shape index (κ1) is 11.9. The monoisotopic (exact) mass is 238 g/mol. The zero-order valence-corrected chi connectivity index (χ0v) is 11.2. The third-order valence-corrected chi connectivity index (χ3v) is 4.81. The highest BCUT2D eigenvalue weighted by Gasteiger charge is 2.41. The molecule has 3 unspecified atom stereocenters. The molecule has 3 atom stereocenters. The van der Waals surface area contributed by atoms with Crippen LogP contribution in [0.25, 0.3) is 0 Å². The van der Waals surface area contributed by atoms with Crippen molar-refractivity contribution < 1.29 is 4.74 Å². The Morgan fingerprint density at radius 3 is 2.82 bits per heavy atom. The second-order valence-corrected chi connectivity index (χ2v) is 6.62. The summed E-state index contributed by atoms with van der Waals surface area (Å²) in [4.78, 5) is 2.76. The Bertz CT molecular complexity index is 277. The van der Waals surface area contributed by atoms with Gasteiger partial charge in [0.1, 0.15) is 0 Å². The van der Waals surface area contributed by atoms with Crippen molar-refractivity contribution in [3.8, 4) is 0 Å². The Morgan fingerprint density at radius 2 is 2.06 bits per heavy atom. The number of morpholine rings is 1. The number of nitrogens with zero attached hydrogens (tertiary/aromatic N) is 1. The predicted octanol–water partition coefficient (Wildman–Crippen LogP) is 1.77. The number of hydrogen-bond donors (Lipinski definition) is 1. The van der Waals surface area contributed by atoms with Gasteiger partial charge in [0.2, 0.25) is 0 Å². The molecular formula is C14H26N2O. The minimum atomic E-state index is 0.327. The van der Waals surface area contributed by atoms with Crippen molar-refractivity contribution in [3.05, 3.63) is 0 Å².